The maximum absolute atomic E-state index is 13.0. The topological polar surface area (TPSA) is 147 Å². The Hall–Kier alpha value is -3.88. The number of nitro groups is 1. The van der Waals surface area contributed by atoms with Crippen molar-refractivity contribution in [2.24, 2.45) is 0 Å². The Bertz CT molecular complexity index is 1250. The summed E-state index contributed by atoms with van der Waals surface area (Å²) in [6.07, 6.45) is -4.97. The summed E-state index contributed by atoms with van der Waals surface area (Å²) < 4.78 is 81.4. The highest BCUT2D eigenvalue weighted by molar-refractivity contribution is 7.92. The normalized spacial score (nSPS) is 11.8. The number of nitrogens with zero attached hydrogens (tertiary/aromatic N) is 3. The first-order valence-electron chi connectivity index (χ1n) is 8.40. The number of aromatic nitrogens is 2. The Morgan fingerprint density at radius 1 is 1.06 bits per heavy atom. The molecule has 0 fully saturated rings. The van der Waals surface area contributed by atoms with Gasteiger partial charge in [0.25, 0.3) is 15.7 Å². The predicted octanol–water partition coefficient (Wildman–Crippen LogP) is 3.48. The summed E-state index contributed by atoms with van der Waals surface area (Å²) in [4.78, 5) is 9.52. The standard InChI is InChI=1S/C17H13F3N4O7S/c1-29-11-5-9(6-12(8-11)30-2)23-32(27,28)14-7-10(24(25)26)3-4-13(14)15-21-22-16(31-15)17(18,19)20/h3-8,23H,1-2H3. The molecule has 1 N–H and O–H groups in total. The molecule has 32 heavy (non-hydrogen) atoms. The van der Waals surface area contributed by atoms with E-state index in [9.17, 15) is 31.7 Å². The molecular weight excluding hydrogens is 461 g/mol. The first-order valence-corrected chi connectivity index (χ1v) is 9.88. The molecule has 0 aliphatic rings. The van der Waals surface area contributed by atoms with Gasteiger partial charge in [0.2, 0.25) is 5.89 Å². The van der Waals surface area contributed by atoms with Gasteiger partial charge in [-0.05, 0) is 6.07 Å². The zero-order valence-electron chi connectivity index (χ0n) is 16.2. The smallest absolute Gasteiger partial charge is 0.470 e. The minimum atomic E-state index is -4.97. The van der Waals surface area contributed by atoms with Crippen molar-refractivity contribution < 1.29 is 40.4 Å². The van der Waals surface area contributed by atoms with Crippen LogP contribution in [0.1, 0.15) is 5.89 Å². The number of halogens is 3. The van der Waals surface area contributed by atoms with E-state index in [2.05, 4.69) is 19.3 Å². The highest BCUT2D eigenvalue weighted by atomic mass is 32.2. The van der Waals surface area contributed by atoms with Crippen LogP contribution in [-0.4, -0.2) is 37.8 Å². The Morgan fingerprint density at radius 2 is 1.69 bits per heavy atom. The highest BCUT2D eigenvalue weighted by Gasteiger charge is 2.39. The molecule has 1 aromatic heterocycles. The van der Waals surface area contributed by atoms with Crippen LogP contribution in [0, 0.1) is 10.1 Å². The number of hydrogen-bond donors (Lipinski definition) is 1. The molecule has 170 valence electrons. The molecule has 0 bridgehead atoms. The molecule has 0 saturated heterocycles. The van der Waals surface area contributed by atoms with Crippen molar-refractivity contribution in [2.75, 3.05) is 18.9 Å². The number of hydrogen-bond acceptors (Lipinski definition) is 9. The quantitative estimate of drug-likeness (QED) is 0.401. The van der Waals surface area contributed by atoms with E-state index in [1.807, 2.05) is 0 Å². The number of rotatable bonds is 7. The predicted molar refractivity (Wildman–Crippen MR) is 102 cm³/mol. The van der Waals surface area contributed by atoms with Crippen LogP contribution < -0.4 is 14.2 Å². The zero-order chi connectivity index (χ0) is 23.7. The first kappa shape index (κ1) is 22.8. The lowest BCUT2D eigenvalue weighted by molar-refractivity contribution is -0.385. The first-order chi connectivity index (χ1) is 14.9. The van der Waals surface area contributed by atoms with E-state index in [-0.39, 0.29) is 17.2 Å². The largest absolute Gasteiger partial charge is 0.497 e. The summed E-state index contributed by atoms with van der Waals surface area (Å²) in [6.45, 7) is 0. The third-order valence-electron chi connectivity index (χ3n) is 3.97. The van der Waals surface area contributed by atoms with E-state index in [4.69, 9.17) is 9.47 Å². The van der Waals surface area contributed by atoms with Gasteiger partial charge in [-0.3, -0.25) is 14.8 Å². The van der Waals surface area contributed by atoms with E-state index in [0.717, 1.165) is 12.1 Å². The second-order valence-electron chi connectivity index (χ2n) is 6.05. The number of methoxy groups -OCH3 is 2. The lowest BCUT2D eigenvalue weighted by atomic mass is 10.2. The fourth-order valence-corrected chi connectivity index (χ4v) is 3.81. The Kier molecular flexibility index (Phi) is 5.94. The minimum Gasteiger partial charge on any atom is -0.497 e. The summed E-state index contributed by atoms with van der Waals surface area (Å²) in [5, 5.41) is 17.2. The molecule has 0 atom stereocenters. The second kappa shape index (κ2) is 8.33. The molecule has 0 saturated carbocycles. The summed E-state index contributed by atoms with van der Waals surface area (Å²) in [5.74, 6) is -2.04. The van der Waals surface area contributed by atoms with Gasteiger partial charge in [-0.25, -0.2) is 8.42 Å². The molecule has 0 radical (unpaired) electrons. The number of non-ortho nitro benzene ring substituents is 1. The van der Waals surface area contributed by atoms with Crippen LogP contribution in [0.2, 0.25) is 0 Å². The van der Waals surface area contributed by atoms with Gasteiger partial charge in [0.05, 0.1) is 30.4 Å². The summed E-state index contributed by atoms with van der Waals surface area (Å²) in [5.41, 5.74) is -1.14. The average molecular weight is 474 g/mol. The third-order valence-corrected chi connectivity index (χ3v) is 5.39. The van der Waals surface area contributed by atoms with E-state index < -0.39 is 49.1 Å². The van der Waals surface area contributed by atoms with Crippen molar-refractivity contribution in [3.63, 3.8) is 0 Å². The number of alkyl halides is 3. The molecule has 15 heteroatoms. The molecule has 3 rings (SSSR count). The summed E-state index contributed by atoms with van der Waals surface area (Å²) >= 11 is 0. The molecule has 0 aliphatic heterocycles. The van der Waals surface area contributed by atoms with Crippen LogP contribution in [0.4, 0.5) is 24.5 Å². The van der Waals surface area contributed by atoms with Crippen LogP contribution >= 0.6 is 0 Å². The van der Waals surface area contributed by atoms with Crippen molar-refractivity contribution in [3.8, 4) is 23.0 Å². The summed E-state index contributed by atoms with van der Waals surface area (Å²) in [7, 11) is -1.93. The molecule has 1 heterocycles. The lowest BCUT2D eigenvalue weighted by Gasteiger charge is -2.13. The Balaban J connectivity index is 2.13. The van der Waals surface area contributed by atoms with Crippen LogP contribution in [0.5, 0.6) is 11.5 Å². The average Bonchev–Trinajstić information content (AvgIpc) is 3.23. The number of anilines is 1. The monoisotopic (exact) mass is 474 g/mol. The maximum atomic E-state index is 13.0. The molecule has 0 spiro atoms. The minimum absolute atomic E-state index is 0.0415. The van der Waals surface area contributed by atoms with Crippen molar-refractivity contribution >= 4 is 21.4 Å². The van der Waals surface area contributed by atoms with E-state index in [1.165, 1.54) is 32.4 Å². The second-order valence-corrected chi connectivity index (χ2v) is 7.71. The molecule has 0 aliphatic carbocycles. The van der Waals surface area contributed by atoms with Crippen molar-refractivity contribution in [1.29, 1.82) is 0 Å². The van der Waals surface area contributed by atoms with Crippen LogP contribution in [-0.2, 0) is 16.2 Å². The van der Waals surface area contributed by atoms with Crippen molar-refractivity contribution in [1.82, 2.24) is 10.2 Å². The van der Waals surface area contributed by atoms with Crippen LogP contribution in [0.3, 0.4) is 0 Å². The van der Waals surface area contributed by atoms with Gasteiger partial charge in [-0.1, -0.05) is 0 Å². The van der Waals surface area contributed by atoms with Crippen molar-refractivity contribution in [2.45, 2.75) is 11.1 Å². The van der Waals surface area contributed by atoms with E-state index in [1.54, 1.807) is 0 Å². The molecular formula is C17H13F3N4O7S. The van der Waals surface area contributed by atoms with Gasteiger partial charge in [0, 0.05) is 30.3 Å². The molecule has 0 unspecified atom stereocenters. The van der Waals surface area contributed by atoms with Gasteiger partial charge in [-0.2, -0.15) is 13.2 Å². The van der Waals surface area contributed by atoms with Crippen LogP contribution in [0.25, 0.3) is 11.5 Å². The molecule has 11 nitrogen and oxygen atoms in total. The number of nitrogens with one attached hydrogen (secondary N) is 1. The van der Waals surface area contributed by atoms with Gasteiger partial charge >= 0.3 is 12.1 Å². The maximum Gasteiger partial charge on any atom is 0.470 e. The number of benzene rings is 2. The number of ether oxygens (including phenoxy) is 2. The number of nitro benzene ring substituents is 1. The lowest BCUT2D eigenvalue weighted by Crippen LogP contribution is -2.14. The van der Waals surface area contributed by atoms with Crippen molar-refractivity contribution in [3.05, 3.63) is 52.4 Å². The SMILES string of the molecule is COc1cc(NS(=O)(=O)c2cc([N+](=O)[O-])ccc2-c2nnc(C(F)(F)F)o2)cc(OC)c1. The molecule has 3 aromatic rings. The van der Waals surface area contributed by atoms with Gasteiger partial charge in [-0.15, -0.1) is 10.2 Å². The van der Waals surface area contributed by atoms with E-state index in [0.29, 0.717) is 6.07 Å². The Morgan fingerprint density at radius 3 is 2.19 bits per heavy atom. The number of sulfonamides is 1. The highest BCUT2D eigenvalue weighted by Crippen LogP contribution is 2.35. The third kappa shape index (κ3) is 4.72. The van der Waals surface area contributed by atoms with Gasteiger partial charge in [0.1, 0.15) is 16.4 Å². The molecule has 2 aromatic carbocycles. The zero-order valence-corrected chi connectivity index (χ0v) is 17.0. The fourth-order valence-electron chi connectivity index (χ4n) is 2.55. The Labute approximate surface area is 178 Å². The fraction of sp³-hybridized carbons (Fsp3) is 0.176. The molecule has 0 amide bonds. The van der Waals surface area contributed by atoms with Gasteiger partial charge < -0.3 is 13.9 Å². The van der Waals surface area contributed by atoms with E-state index >= 15 is 0 Å². The van der Waals surface area contributed by atoms with Crippen LogP contribution in [0.15, 0.2) is 45.7 Å². The summed E-state index contributed by atoms with van der Waals surface area (Å²) in [6, 6.07) is 6.50. The van der Waals surface area contributed by atoms with Gasteiger partial charge in [0.15, 0.2) is 0 Å².